The van der Waals surface area contributed by atoms with Gasteiger partial charge in [-0.2, -0.15) is 0 Å². The molecule has 0 aliphatic rings. The number of carbonyl (C=O) groups excluding carboxylic acids is 1. The van der Waals surface area contributed by atoms with Crippen LogP contribution in [0.5, 0.6) is 0 Å². The number of anilines is 1. The van der Waals surface area contributed by atoms with Gasteiger partial charge in [0.15, 0.2) is 5.13 Å². The number of thioether (sulfide) groups is 1. The fraction of sp³-hybridized carbons (Fsp3) is 0.111. The van der Waals surface area contributed by atoms with Crippen molar-refractivity contribution in [3.63, 3.8) is 0 Å². The van der Waals surface area contributed by atoms with Crippen molar-refractivity contribution in [3.05, 3.63) is 75.8 Å². The van der Waals surface area contributed by atoms with E-state index in [1.54, 1.807) is 11.8 Å². The zero-order valence-corrected chi connectivity index (χ0v) is 15.3. The van der Waals surface area contributed by atoms with Crippen LogP contribution in [0.15, 0.2) is 58.8 Å². The van der Waals surface area contributed by atoms with Crippen LogP contribution in [0, 0.1) is 6.92 Å². The lowest BCUT2D eigenvalue weighted by Crippen LogP contribution is -2.11. The highest BCUT2D eigenvalue weighted by Gasteiger charge is 2.09. The third-order valence-corrected chi connectivity index (χ3v) is 5.46. The molecule has 2 aromatic carbocycles. The van der Waals surface area contributed by atoms with Crippen LogP contribution in [0.4, 0.5) is 5.13 Å². The summed E-state index contributed by atoms with van der Waals surface area (Å²) in [4.78, 5) is 17.7. The number of halogens is 1. The summed E-state index contributed by atoms with van der Waals surface area (Å²) in [5.41, 5.74) is 2.64. The van der Waals surface area contributed by atoms with Crippen LogP contribution in [0.2, 0.25) is 5.02 Å². The van der Waals surface area contributed by atoms with E-state index >= 15 is 0 Å². The van der Waals surface area contributed by atoms with Crippen molar-refractivity contribution < 1.29 is 4.79 Å². The molecule has 1 heterocycles. The van der Waals surface area contributed by atoms with Crippen LogP contribution >= 0.6 is 34.7 Å². The molecular weight excluding hydrogens is 360 g/mol. The molecule has 0 aliphatic carbocycles. The van der Waals surface area contributed by atoms with Gasteiger partial charge in [0.2, 0.25) is 0 Å². The van der Waals surface area contributed by atoms with E-state index in [9.17, 15) is 4.79 Å². The zero-order chi connectivity index (χ0) is 16.9. The Morgan fingerprint density at radius 2 is 2.04 bits per heavy atom. The number of benzene rings is 2. The molecule has 0 saturated carbocycles. The number of nitrogens with one attached hydrogen (secondary N) is 1. The van der Waals surface area contributed by atoms with Crippen LogP contribution < -0.4 is 5.32 Å². The SMILES string of the molecule is Cc1csc(NC(=O)c2cccc(CSc3ccc(Cl)cc3)c2)n1. The van der Waals surface area contributed by atoms with Gasteiger partial charge in [-0.05, 0) is 48.9 Å². The van der Waals surface area contributed by atoms with Gasteiger partial charge < -0.3 is 0 Å². The quantitative estimate of drug-likeness (QED) is 0.587. The molecule has 0 radical (unpaired) electrons. The van der Waals surface area contributed by atoms with Crippen LogP contribution in [-0.2, 0) is 5.75 Å². The van der Waals surface area contributed by atoms with Gasteiger partial charge in [0.05, 0.1) is 5.69 Å². The Morgan fingerprint density at radius 3 is 2.75 bits per heavy atom. The van der Waals surface area contributed by atoms with Gasteiger partial charge in [0, 0.05) is 26.6 Å². The summed E-state index contributed by atoms with van der Waals surface area (Å²) in [5.74, 6) is 0.654. The van der Waals surface area contributed by atoms with Gasteiger partial charge >= 0.3 is 0 Å². The Hall–Kier alpha value is -1.82. The lowest BCUT2D eigenvalue weighted by atomic mass is 10.1. The Labute approximate surface area is 154 Å². The summed E-state index contributed by atoms with van der Waals surface area (Å²) in [5, 5.41) is 6.10. The molecule has 0 spiro atoms. The highest BCUT2D eigenvalue weighted by molar-refractivity contribution is 7.98. The van der Waals surface area contributed by atoms with Gasteiger partial charge in [-0.25, -0.2) is 4.98 Å². The van der Waals surface area contributed by atoms with Crippen LogP contribution in [0.1, 0.15) is 21.6 Å². The molecular formula is C18H15ClN2OS2. The van der Waals surface area contributed by atoms with E-state index in [2.05, 4.69) is 10.3 Å². The van der Waals surface area contributed by atoms with Gasteiger partial charge in [-0.3, -0.25) is 10.1 Å². The molecule has 6 heteroatoms. The van der Waals surface area contributed by atoms with E-state index in [0.29, 0.717) is 10.7 Å². The van der Waals surface area contributed by atoms with E-state index in [0.717, 1.165) is 26.9 Å². The first kappa shape index (κ1) is 17.0. The number of amides is 1. The highest BCUT2D eigenvalue weighted by atomic mass is 35.5. The Kier molecular flexibility index (Phi) is 5.56. The molecule has 1 aromatic heterocycles. The third-order valence-electron chi connectivity index (χ3n) is 3.25. The number of carbonyl (C=O) groups is 1. The predicted octanol–water partition coefficient (Wildman–Crippen LogP) is 5.65. The normalized spacial score (nSPS) is 10.6. The summed E-state index contributed by atoms with van der Waals surface area (Å²) in [6.07, 6.45) is 0. The molecule has 0 bridgehead atoms. The van der Waals surface area contributed by atoms with Crippen molar-refractivity contribution in [2.24, 2.45) is 0 Å². The van der Waals surface area contributed by atoms with Crippen LogP contribution in [-0.4, -0.2) is 10.9 Å². The fourth-order valence-corrected chi connectivity index (χ4v) is 3.73. The maximum absolute atomic E-state index is 12.3. The van der Waals surface area contributed by atoms with Gasteiger partial charge in [-0.15, -0.1) is 23.1 Å². The maximum atomic E-state index is 12.3. The number of hydrogen-bond donors (Lipinski definition) is 1. The molecule has 3 nitrogen and oxygen atoms in total. The predicted molar refractivity (Wildman–Crippen MR) is 102 cm³/mol. The number of hydrogen-bond acceptors (Lipinski definition) is 4. The molecule has 0 saturated heterocycles. The van der Waals surface area contributed by atoms with Crippen molar-refractivity contribution in [3.8, 4) is 0 Å². The number of rotatable bonds is 5. The second-order valence-electron chi connectivity index (χ2n) is 5.19. The largest absolute Gasteiger partial charge is 0.298 e. The lowest BCUT2D eigenvalue weighted by Gasteiger charge is -2.06. The molecule has 0 fully saturated rings. The minimum Gasteiger partial charge on any atom is -0.298 e. The van der Waals surface area contributed by atoms with Crippen LogP contribution in [0.3, 0.4) is 0 Å². The summed E-state index contributed by atoms with van der Waals surface area (Å²) in [7, 11) is 0. The van der Waals surface area contributed by atoms with Crippen molar-refractivity contribution >= 4 is 45.7 Å². The monoisotopic (exact) mass is 374 g/mol. The van der Waals surface area contributed by atoms with E-state index in [1.165, 1.54) is 11.3 Å². The van der Waals surface area contributed by atoms with Gasteiger partial charge in [0.25, 0.3) is 5.91 Å². The smallest absolute Gasteiger partial charge is 0.257 e. The van der Waals surface area contributed by atoms with Crippen molar-refractivity contribution in [1.29, 1.82) is 0 Å². The first-order valence-corrected chi connectivity index (χ1v) is 9.55. The molecule has 0 atom stereocenters. The molecule has 3 aromatic rings. The highest BCUT2D eigenvalue weighted by Crippen LogP contribution is 2.25. The van der Waals surface area contributed by atoms with Crippen molar-refractivity contribution in [1.82, 2.24) is 4.98 Å². The van der Waals surface area contributed by atoms with E-state index < -0.39 is 0 Å². The molecule has 1 amide bonds. The number of aryl methyl sites for hydroxylation is 1. The van der Waals surface area contributed by atoms with Crippen molar-refractivity contribution in [2.45, 2.75) is 17.6 Å². The summed E-state index contributed by atoms with van der Waals surface area (Å²) in [6, 6.07) is 15.4. The lowest BCUT2D eigenvalue weighted by molar-refractivity contribution is 0.102. The zero-order valence-electron chi connectivity index (χ0n) is 13.0. The minimum absolute atomic E-state index is 0.136. The number of aromatic nitrogens is 1. The molecule has 3 rings (SSSR count). The Bertz CT molecular complexity index is 846. The third kappa shape index (κ3) is 4.60. The maximum Gasteiger partial charge on any atom is 0.257 e. The molecule has 1 N–H and O–H groups in total. The Morgan fingerprint density at radius 1 is 1.25 bits per heavy atom. The standard InChI is InChI=1S/C18H15ClN2OS2/c1-12-10-24-18(20-12)21-17(22)14-4-2-3-13(9-14)11-23-16-7-5-15(19)6-8-16/h2-10H,11H2,1H3,(H,20,21,22). The fourth-order valence-electron chi connectivity index (χ4n) is 2.08. The average molecular weight is 375 g/mol. The van der Waals surface area contributed by atoms with E-state index in [4.69, 9.17) is 11.6 Å². The second-order valence-corrected chi connectivity index (χ2v) is 7.53. The first-order chi connectivity index (χ1) is 11.6. The minimum atomic E-state index is -0.136. The Balaban J connectivity index is 1.64. The summed E-state index contributed by atoms with van der Waals surface area (Å²) < 4.78 is 0. The first-order valence-electron chi connectivity index (χ1n) is 7.31. The summed E-state index contributed by atoms with van der Waals surface area (Å²) >= 11 is 9.03. The average Bonchev–Trinajstić information content (AvgIpc) is 2.99. The van der Waals surface area contributed by atoms with E-state index in [1.807, 2.05) is 60.8 Å². The van der Waals surface area contributed by atoms with Crippen molar-refractivity contribution in [2.75, 3.05) is 5.32 Å². The number of nitrogens with zero attached hydrogens (tertiary/aromatic N) is 1. The summed E-state index contributed by atoms with van der Waals surface area (Å²) in [6.45, 7) is 1.90. The number of thiazole rings is 1. The van der Waals surface area contributed by atoms with Crippen LogP contribution in [0.25, 0.3) is 0 Å². The van der Waals surface area contributed by atoms with E-state index in [-0.39, 0.29) is 5.91 Å². The van der Waals surface area contributed by atoms with Gasteiger partial charge in [0.1, 0.15) is 0 Å². The molecule has 0 aliphatic heterocycles. The second kappa shape index (κ2) is 7.83. The molecule has 122 valence electrons. The molecule has 24 heavy (non-hydrogen) atoms. The van der Waals surface area contributed by atoms with Gasteiger partial charge in [-0.1, -0.05) is 23.7 Å². The topological polar surface area (TPSA) is 42.0 Å². The molecule has 0 unspecified atom stereocenters.